The number of para-hydroxylation sites is 1. The summed E-state index contributed by atoms with van der Waals surface area (Å²) in [5, 5.41) is 3.12. The molecule has 4 rings (SSSR count). The number of nitrogens with one attached hydrogen (secondary N) is 2. The summed E-state index contributed by atoms with van der Waals surface area (Å²) < 4.78 is 81.4. The molecule has 0 saturated carbocycles. The van der Waals surface area contributed by atoms with E-state index in [2.05, 4.69) is 25.0 Å². The first kappa shape index (κ1) is 21.2. The van der Waals surface area contributed by atoms with Crippen LogP contribution in [0.25, 0.3) is 11.0 Å². The largest absolute Gasteiger partial charge is 0.490 e. The van der Waals surface area contributed by atoms with E-state index in [-0.39, 0.29) is 23.5 Å². The van der Waals surface area contributed by atoms with E-state index < -0.39 is 36.7 Å². The van der Waals surface area contributed by atoms with Gasteiger partial charge in [-0.05, 0) is 12.1 Å². The number of anilines is 1. The Kier molecular flexibility index (Phi) is 5.43. The van der Waals surface area contributed by atoms with E-state index in [0.717, 1.165) is 19.5 Å². The summed E-state index contributed by atoms with van der Waals surface area (Å²) >= 11 is 0. The van der Waals surface area contributed by atoms with Crippen LogP contribution in [0.4, 0.5) is 27.8 Å². The number of hydrogen-bond acceptors (Lipinski definition) is 6. The van der Waals surface area contributed by atoms with Gasteiger partial charge in [-0.2, -0.15) is 22.0 Å². The summed E-state index contributed by atoms with van der Waals surface area (Å²) in [5.74, 6) is 0.583. The van der Waals surface area contributed by atoms with Crippen LogP contribution in [0.2, 0.25) is 0 Å². The van der Waals surface area contributed by atoms with Gasteiger partial charge in [0.25, 0.3) is 0 Å². The van der Waals surface area contributed by atoms with E-state index in [4.69, 9.17) is 9.47 Å². The van der Waals surface area contributed by atoms with Gasteiger partial charge in [0.2, 0.25) is 0 Å². The molecule has 0 fully saturated rings. The number of aromatic amines is 1. The van der Waals surface area contributed by atoms with E-state index in [1.807, 2.05) is 0 Å². The fraction of sp³-hybridized carbons (Fsp3) is 0.368. The molecule has 0 bridgehead atoms. The number of ether oxygens (including phenoxy) is 3. The molecule has 0 spiro atoms. The molecule has 0 saturated heterocycles. The minimum Gasteiger partial charge on any atom is -0.490 e. The summed E-state index contributed by atoms with van der Waals surface area (Å²) in [7, 11) is 0.855. The molecule has 1 aromatic carbocycles. The minimum atomic E-state index is -4.60. The highest BCUT2D eigenvalue weighted by atomic mass is 19.4. The maximum absolute atomic E-state index is 13.5. The van der Waals surface area contributed by atoms with E-state index in [9.17, 15) is 22.0 Å². The van der Waals surface area contributed by atoms with Crippen LogP contribution >= 0.6 is 0 Å². The lowest BCUT2D eigenvalue weighted by Crippen LogP contribution is -2.40. The third-order valence-electron chi connectivity index (χ3n) is 4.82. The minimum absolute atomic E-state index is 0.0199. The molecule has 12 heteroatoms. The first-order valence-electron chi connectivity index (χ1n) is 9.12. The van der Waals surface area contributed by atoms with Crippen molar-refractivity contribution >= 4 is 16.9 Å². The lowest BCUT2D eigenvalue weighted by Gasteiger charge is -2.34. The van der Waals surface area contributed by atoms with Crippen molar-refractivity contribution in [2.24, 2.45) is 0 Å². The molecule has 2 atom stereocenters. The Balaban J connectivity index is 1.68. The Hall–Kier alpha value is -2.99. The van der Waals surface area contributed by atoms with Crippen molar-refractivity contribution in [2.75, 3.05) is 25.6 Å². The maximum Gasteiger partial charge on any atom is 0.431 e. The van der Waals surface area contributed by atoms with Gasteiger partial charge in [0.1, 0.15) is 48.6 Å². The number of hydrogen-bond donors (Lipinski definition) is 2. The maximum atomic E-state index is 13.5. The van der Waals surface area contributed by atoms with Crippen molar-refractivity contribution in [3.8, 4) is 5.75 Å². The Bertz CT molecular complexity index is 1070. The van der Waals surface area contributed by atoms with Crippen molar-refractivity contribution in [3.63, 3.8) is 0 Å². The summed E-state index contributed by atoms with van der Waals surface area (Å²) in [6.07, 6.45) is -7.91. The van der Waals surface area contributed by atoms with E-state index in [0.29, 0.717) is 11.3 Å². The number of H-pyrrole nitrogens is 1. The smallest absolute Gasteiger partial charge is 0.431 e. The lowest BCUT2D eigenvalue weighted by molar-refractivity contribution is -0.258. The van der Waals surface area contributed by atoms with Gasteiger partial charge >= 0.3 is 12.3 Å². The molecule has 1 aliphatic heterocycles. The number of benzene rings is 1. The normalized spacial score (nSPS) is 19.2. The topological polar surface area (TPSA) is 81.3 Å². The van der Waals surface area contributed by atoms with Gasteiger partial charge in [-0.1, -0.05) is 18.2 Å². The van der Waals surface area contributed by atoms with Crippen molar-refractivity contribution in [1.29, 1.82) is 0 Å². The SMILES string of the molecule is COC(F)(F)COC1COc2ccccc2C1Nc1ncnc2[nH]c(C(F)(F)F)cc12. The molecule has 2 unspecified atom stereocenters. The first-order chi connectivity index (χ1) is 14.7. The quantitative estimate of drug-likeness (QED) is 0.556. The molecule has 0 amide bonds. The number of halogens is 5. The summed E-state index contributed by atoms with van der Waals surface area (Å²) in [5.41, 5.74) is -0.419. The standard InChI is InChI=1S/C19H17F5N4O3/c1-29-18(20,21)8-31-13-7-30-12-5-3-2-4-10(12)15(13)28-17-11-6-14(19(22,23)24)27-16(11)25-9-26-17/h2-6,9,13,15H,7-8H2,1H3,(H2,25,26,27,28). The molecule has 3 heterocycles. The van der Waals surface area contributed by atoms with Crippen molar-refractivity contribution in [1.82, 2.24) is 15.0 Å². The zero-order valence-corrected chi connectivity index (χ0v) is 16.0. The van der Waals surface area contributed by atoms with Crippen LogP contribution in [-0.2, 0) is 15.7 Å². The number of aromatic nitrogens is 3. The predicted octanol–water partition coefficient (Wildman–Crippen LogP) is 4.15. The zero-order chi connectivity index (χ0) is 22.2. The third-order valence-corrected chi connectivity index (χ3v) is 4.82. The second-order valence-electron chi connectivity index (χ2n) is 6.83. The number of methoxy groups -OCH3 is 1. The predicted molar refractivity (Wildman–Crippen MR) is 98.9 cm³/mol. The van der Waals surface area contributed by atoms with Gasteiger partial charge in [-0.3, -0.25) is 0 Å². The van der Waals surface area contributed by atoms with Crippen molar-refractivity contribution < 1.29 is 36.2 Å². The Labute approximate surface area is 172 Å². The Morgan fingerprint density at radius 1 is 1.19 bits per heavy atom. The zero-order valence-electron chi connectivity index (χ0n) is 16.0. The summed E-state index contributed by atoms with van der Waals surface area (Å²) in [4.78, 5) is 10.1. The lowest BCUT2D eigenvalue weighted by atomic mass is 9.98. The van der Waals surface area contributed by atoms with E-state index >= 15 is 0 Å². The molecule has 0 radical (unpaired) electrons. The monoisotopic (exact) mass is 444 g/mol. The molecule has 2 N–H and O–H groups in total. The van der Waals surface area contributed by atoms with Crippen LogP contribution in [0.3, 0.4) is 0 Å². The van der Waals surface area contributed by atoms with Gasteiger partial charge in [-0.15, -0.1) is 0 Å². The molecule has 3 aromatic rings. The third kappa shape index (κ3) is 4.39. The summed E-state index contributed by atoms with van der Waals surface area (Å²) in [6.45, 7) is -1.09. The van der Waals surface area contributed by atoms with Gasteiger partial charge in [0, 0.05) is 12.7 Å². The number of alkyl halides is 5. The highest BCUT2D eigenvalue weighted by molar-refractivity contribution is 5.88. The van der Waals surface area contributed by atoms with Gasteiger partial charge < -0.3 is 24.5 Å². The van der Waals surface area contributed by atoms with Crippen LogP contribution < -0.4 is 10.1 Å². The van der Waals surface area contributed by atoms with Crippen molar-refractivity contribution in [2.45, 2.75) is 24.4 Å². The molecule has 31 heavy (non-hydrogen) atoms. The van der Waals surface area contributed by atoms with Crippen molar-refractivity contribution in [3.05, 3.63) is 47.9 Å². The van der Waals surface area contributed by atoms with Gasteiger partial charge in [0.15, 0.2) is 0 Å². The molecular formula is C19H17F5N4O3. The Morgan fingerprint density at radius 3 is 2.71 bits per heavy atom. The molecule has 2 aromatic heterocycles. The molecule has 0 aliphatic carbocycles. The van der Waals surface area contributed by atoms with Crippen LogP contribution in [0, 0.1) is 0 Å². The van der Waals surface area contributed by atoms with Crippen LogP contribution in [0.15, 0.2) is 36.7 Å². The average molecular weight is 444 g/mol. The fourth-order valence-corrected chi connectivity index (χ4v) is 3.27. The second kappa shape index (κ2) is 7.93. The Morgan fingerprint density at radius 2 is 1.97 bits per heavy atom. The average Bonchev–Trinajstić information content (AvgIpc) is 3.19. The highest BCUT2D eigenvalue weighted by Crippen LogP contribution is 2.38. The van der Waals surface area contributed by atoms with Gasteiger partial charge in [0.05, 0.1) is 11.4 Å². The fourth-order valence-electron chi connectivity index (χ4n) is 3.27. The second-order valence-corrected chi connectivity index (χ2v) is 6.83. The van der Waals surface area contributed by atoms with Crippen LogP contribution in [0.5, 0.6) is 5.75 Å². The number of fused-ring (bicyclic) bond motifs is 2. The van der Waals surface area contributed by atoms with E-state index in [1.54, 1.807) is 24.3 Å². The van der Waals surface area contributed by atoms with E-state index in [1.165, 1.54) is 0 Å². The molecule has 1 aliphatic rings. The first-order valence-corrected chi connectivity index (χ1v) is 9.12. The molecular weight excluding hydrogens is 427 g/mol. The van der Waals surface area contributed by atoms with Crippen LogP contribution in [0.1, 0.15) is 17.3 Å². The molecule has 166 valence electrons. The highest BCUT2D eigenvalue weighted by Gasteiger charge is 2.37. The number of rotatable bonds is 6. The molecule has 7 nitrogen and oxygen atoms in total. The van der Waals surface area contributed by atoms with Crippen LogP contribution in [-0.4, -0.2) is 47.5 Å². The summed E-state index contributed by atoms with van der Waals surface area (Å²) in [6, 6.07) is 7.00. The van der Waals surface area contributed by atoms with Gasteiger partial charge in [-0.25, -0.2) is 9.97 Å². The number of nitrogens with zero attached hydrogens (tertiary/aromatic N) is 2.